The van der Waals surface area contributed by atoms with Gasteiger partial charge in [-0.15, -0.1) is 11.3 Å². The van der Waals surface area contributed by atoms with E-state index in [9.17, 15) is 0 Å². The maximum atomic E-state index is 4.81. The van der Waals surface area contributed by atoms with Crippen molar-refractivity contribution in [3.05, 3.63) is 48.7 Å². The molecule has 1 N–H and O–H groups in total. The quantitative estimate of drug-likeness (QED) is 0.575. The monoisotopic (exact) mass is 322 g/mol. The maximum absolute atomic E-state index is 4.81. The van der Waals surface area contributed by atoms with Crippen LogP contribution in [0.3, 0.4) is 0 Å². The molecule has 0 atom stereocenters. The molecule has 0 bridgehead atoms. The zero-order valence-electron chi connectivity index (χ0n) is 13.4. The predicted molar refractivity (Wildman–Crippen MR) is 97.2 cm³/mol. The maximum Gasteiger partial charge on any atom is 0.146 e. The van der Waals surface area contributed by atoms with Gasteiger partial charge >= 0.3 is 0 Å². The zero-order chi connectivity index (χ0) is 16.0. The number of para-hydroxylation sites is 1. The van der Waals surface area contributed by atoms with Crippen LogP contribution in [0.1, 0.15) is 20.8 Å². The van der Waals surface area contributed by atoms with Crippen LogP contribution in [-0.4, -0.2) is 19.9 Å². The number of aromatic nitrogens is 3. The van der Waals surface area contributed by atoms with Gasteiger partial charge < -0.3 is 5.32 Å². The molecular formula is C18H18N4S. The van der Waals surface area contributed by atoms with Crippen LogP contribution >= 0.6 is 11.3 Å². The Morgan fingerprint density at radius 1 is 1.00 bits per heavy atom. The Labute approximate surface area is 138 Å². The van der Waals surface area contributed by atoms with Crippen molar-refractivity contribution < 1.29 is 0 Å². The summed E-state index contributed by atoms with van der Waals surface area (Å²) in [5, 5.41) is 4.53. The summed E-state index contributed by atoms with van der Waals surface area (Å²) in [6.45, 7) is 6.45. The summed E-state index contributed by atoms with van der Waals surface area (Å²) in [6.07, 6.45) is 2.03. The van der Waals surface area contributed by atoms with Crippen LogP contribution in [0.25, 0.3) is 26.6 Å². The van der Waals surface area contributed by atoms with Crippen LogP contribution in [-0.2, 0) is 0 Å². The van der Waals surface area contributed by atoms with E-state index in [1.54, 1.807) is 11.3 Å². The summed E-state index contributed by atoms with van der Waals surface area (Å²) in [5.41, 5.74) is 2.80. The summed E-state index contributed by atoms with van der Waals surface area (Å²) < 4.78 is 3.27. The number of nitrogens with zero attached hydrogens (tertiary/aromatic N) is 3. The first-order chi connectivity index (χ1) is 11.0. The van der Waals surface area contributed by atoms with Crippen molar-refractivity contribution in [1.29, 1.82) is 0 Å². The lowest BCUT2D eigenvalue weighted by atomic mass is 10.1. The van der Waals surface area contributed by atoms with Crippen molar-refractivity contribution in [2.75, 3.05) is 5.32 Å². The van der Waals surface area contributed by atoms with E-state index in [-0.39, 0.29) is 5.54 Å². The van der Waals surface area contributed by atoms with E-state index in [1.165, 1.54) is 4.70 Å². The topological polar surface area (TPSA) is 42.2 Å². The Balaban J connectivity index is 1.96. The molecule has 3 heterocycles. The number of pyridine rings is 1. The number of nitrogens with one attached hydrogen (secondary N) is 1. The van der Waals surface area contributed by atoms with Crippen LogP contribution < -0.4 is 5.32 Å². The Morgan fingerprint density at radius 3 is 2.57 bits per heavy atom. The molecule has 23 heavy (non-hydrogen) atoms. The molecule has 0 aliphatic carbocycles. The molecule has 0 saturated heterocycles. The van der Waals surface area contributed by atoms with Crippen LogP contribution in [0.4, 0.5) is 5.82 Å². The highest BCUT2D eigenvalue weighted by molar-refractivity contribution is 7.21. The molecular weight excluding hydrogens is 304 g/mol. The summed E-state index contributed by atoms with van der Waals surface area (Å²) in [7, 11) is 0. The molecule has 116 valence electrons. The van der Waals surface area contributed by atoms with Gasteiger partial charge in [-0.3, -0.25) is 4.40 Å². The van der Waals surface area contributed by atoms with Gasteiger partial charge in [0.05, 0.1) is 10.2 Å². The Bertz CT molecular complexity index is 958. The van der Waals surface area contributed by atoms with E-state index < -0.39 is 0 Å². The Kier molecular flexibility index (Phi) is 3.13. The van der Waals surface area contributed by atoms with E-state index in [0.29, 0.717) is 0 Å². The fraction of sp³-hybridized carbons (Fsp3) is 0.222. The summed E-state index contributed by atoms with van der Waals surface area (Å²) in [6, 6.07) is 14.2. The number of thiazole rings is 1. The molecule has 5 heteroatoms. The minimum absolute atomic E-state index is 0.0583. The molecule has 0 spiro atoms. The van der Waals surface area contributed by atoms with E-state index in [1.807, 2.05) is 42.6 Å². The van der Waals surface area contributed by atoms with Gasteiger partial charge in [0.1, 0.15) is 22.2 Å². The Hall–Kier alpha value is -2.40. The molecule has 4 nitrogen and oxygen atoms in total. The molecule has 0 amide bonds. The third-order valence-corrected chi connectivity index (χ3v) is 4.56. The number of hydrogen-bond acceptors (Lipinski definition) is 4. The smallest absolute Gasteiger partial charge is 0.146 e. The molecule has 1 aromatic carbocycles. The first-order valence-electron chi connectivity index (χ1n) is 7.62. The molecule has 0 radical (unpaired) electrons. The van der Waals surface area contributed by atoms with Crippen molar-refractivity contribution in [1.82, 2.24) is 14.4 Å². The van der Waals surface area contributed by atoms with E-state index in [4.69, 9.17) is 9.97 Å². The van der Waals surface area contributed by atoms with Gasteiger partial charge in [0, 0.05) is 11.7 Å². The van der Waals surface area contributed by atoms with Gasteiger partial charge in [-0.1, -0.05) is 18.2 Å². The second-order valence-electron chi connectivity index (χ2n) is 6.60. The lowest BCUT2D eigenvalue weighted by Gasteiger charge is -2.22. The molecule has 4 aromatic rings. The van der Waals surface area contributed by atoms with Crippen molar-refractivity contribution in [3.63, 3.8) is 0 Å². The fourth-order valence-electron chi connectivity index (χ4n) is 2.59. The molecule has 0 fully saturated rings. The van der Waals surface area contributed by atoms with Crippen LogP contribution in [0, 0.1) is 0 Å². The highest BCUT2D eigenvalue weighted by Crippen LogP contribution is 2.35. The summed E-state index contributed by atoms with van der Waals surface area (Å²) in [4.78, 5) is 9.58. The summed E-state index contributed by atoms with van der Waals surface area (Å²) >= 11 is 1.68. The van der Waals surface area contributed by atoms with Crippen LogP contribution in [0.15, 0.2) is 48.7 Å². The van der Waals surface area contributed by atoms with Crippen molar-refractivity contribution in [2.24, 2.45) is 0 Å². The van der Waals surface area contributed by atoms with Crippen LogP contribution in [0.5, 0.6) is 0 Å². The SMILES string of the molecule is CC(C)(C)Nc1c(-c2nc3ccccc3s2)nc2ccccn12. The molecule has 4 rings (SSSR count). The van der Waals surface area contributed by atoms with E-state index >= 15 is 0 Å². The first-order valence-corrected chi connectivity index (χ1v) is 8.44. The fourth-order valence-corrected chi connectivity index (χ4v) is 3.55. The predicted octanol–water partition coefficient (Wildman–Crippen LogP) is 4.82. The van der Waals surface area contributed by atoms with Gasteiger partial charge in [-0.25, -0.2) is 9.97 Å². The minimum atomic E-state index is -0.0583. The lowest BCUT2D eigenvalue weighted by molar-refractivity contribution is 0.629. The first kappa shape index (κ1) is 14.2. The van der Waals surface area contributed by atoms with Crippen molar-refractivity contribution in [3.8, 4) is 10.7 Å². The van der Waals surface area contributed by atoms with E-state index in [0.717, 1.165) is 27.7 Å². The third kappa shape index (κ3) is 2.57. The minimum Gasteiger partial charge on any atom is -0.365 e. The second kappa shape index (κ2) is 5.06. The average Bonchev–Trinajstić information content (AvgIpc) is 3.07. The highest BCUT2D eigenvalue weighted by Gasteiger charge is 2.21. The molecule has 0 saturated carbocycles. The van der Waals surface area contributed by atoms with Gasteiger partial charge in [-0.2, -0.15) is 0 Å². The lowest BCUT2D eigenvalue weighted by Crippen LogP contribution is -2.27. The zero-order valence-corrected chi connectivity index (χ0v) is 14.2. The van der Waals surface area contributed by atoms with E-state index in [2.05, 4.69) is 36.6 Å². The third-order valence-electron chi connectivity index (χ3n) is 3.52. The summed E-state index contributed by atoms with van der Waals surface area (Å²) in [5.74, 6) is 0.993. The number of hydrogen-bond donors (Lipinski definition) is 1. The Morgan fingerprint density at radius 2 is 1.78 bits per heavy atom. The molecule has 0 aliphatic heterocycles. The molecule has 0 aliphatic rings. The number of benzene rings is 1. The number of fused-ring (bicyclic) bond motifs is 2. The number of rotatable bonds is 2. The van der Waals surface area contributed by atoms with Gasteiger partial charge in [0.15, 0.2) is 0 Å². The van der Waals surface area contributed by atoms with Crippen LogP contribution in [0.2, 0.25) is 0 Å². The van der Waals surface area contributed by atoms with Crippen molar-refractivity contribution in [2.45, 2.75) is 26.3 Å². The molecule has 0 unspecified atom stereocenters. The average molecular weight is 322 g/mol. The largest absolute Gasteiger partial charge is 0.365 e. The standard InChI is InChI=1S/C18H18N4S/c1-18(2,3)21-16-15(20-14-10-6-7-11-22(14)16)17-19-12-8-4-5-9-13(12)23-17/h4-11,21H,1-3H3. The van der Waals surface area contributed by atoms with Gasteiger partial charge in [0.25, 0.3) is 0 Å². The second-order valence-corrected chi connectivity index (χ2v) is 7.63. The van der Waals surface area contributed by atoms with Crippen molar-refractivity contribution >= 4 is 33.0 Å². The van der Waals surface area contributed by atoms with Gasteiger partial charge in [0.2, 0.25) is 0 Å². The number of anilines is 1. The molecule has 3 aromatic heterocycles. The van der Waals surface area contributed by atoms with Gasteiger partial charge in [-0.05, 0) is 45.0 Å². The number of imidazole rings is 1. The highest BCUT2D eigenvalue weighted by atomic mass is 32.1. The normalized spacial score (nSPS) is 12.1.